The number of hydrogen-bond acceptors (Lipinski definition) is 4. The van der Waals surface area contributed by atoms with Crippen molar-refractivity contribution in [2.24, 2.45) is 0 Å². The molecule has 3 rings (SSSR count). The number of thiazole rings is 1. The predicted octanol–water partition coefficient (Wildman–Crippen LogP) is 3.39. The lowest BCUT2D eigenvalue weighted by atomic mass is 9.97. The van der Waals surface area contributed by atoms with Crippen molar-refractivity contribution in [3.8, 4) is 0 Å². The topological polar surface area (TPSA) is 59.1 Å². The summed E-state index contributed by atoms with van der Waals surface area (Å²) in [5.74, 6) is -0.0896. The first kappa shape index (κ1) is 16.3. The summed E-state index contributed by atoms with van der Waals surface area (Å²) in [5, 5.41) is 6.26. The van der Waals surface area contributed by atoms with Crippen LogP contribution in [0.4, 0.5) is 0 Å². The van der Waals surface area contributed by atoms with Crippen LogP contribution in [-0.4, -0.2) is 21.4 Å². The summed E-state index contributed by atoms with van der Waals surface area (Å²) >= 11 is 1.62. The fourth-order valence-electron chi connectivity index (χ4n) is 3.03. The third-order valence-electron chi connectivity index (χ3n) is 4.29. The van der Waals surface area contributed by atoms with E-state index in [2.05, 4.69) is 10.3 Å². The van der Waals surface area contributed by atoms with Crippen LogP contribution in [0, 0.1) is 6.92 Å². The van der Waals surface area contributed by atoms with Gasteiger partial charge in [-0.3, -0.25) is 9.00 Å². The summed E-state index contributed by atoms with van der Waals surface area (Å²) in [4.78, 5) is 18.0. The summed E-state index contributed by atoms with van der Waals surface area (Å²) in [5.41, 5.74) is 1.27. The van der Waals surface area contributed by atoms with E-state index in [0.29, 0.717) is 5.56 Å². The highest BCUT2D eigenvalue weighted by Crippen LogP contribution is 2.40. The maximum absolute atomic E-state index is 12.7. The Labute approximate surface area is 142 Å². The van der Waals surface area contributed by atoms with Crippen molar-refractivity contribution < 1.29 is 9.00 Å². The van der Waals surface area contributed by atoms with Gasteiger partial charge < -0.3 is 5.32 Å². The molecule has 0 bridgehead atoms. The molecule has 0 saturated heterocycles. The van der Waals surface area contributed by atoms with Crippen LogP contribution in [-0.2, 0) is 16.3 Å². The van der Waals surface area contributed by atoms with Crippen LogP contribution in [0.1, 0.15) is 46.7 Å². The quantitative estimate of drug-likeness (QED) is 0.921. The van der Waals surface area contributed by atoms with E-state index in [-0.39, 0.29) is 11.4 Å². The monoisotopic (exact) mass is 348 g/mol. The average molecular weight is 348 g/mol. The molecular formula is C17H20N2O2S2. The van der Waals surface area contributed by atoms with Crippen LogP contribution in [0.25, 0.3) is 0 Å². The fraction of sp³-hybridized carbons (Fsp3) is 0.412. The predicted molar refractivity (Wildman–Crippen MR) is 93.2 cm³/mol. The Morgan fingerprint density at radius 3 is 2.43 bits per heavy atom. The number of nitrogens with one attached hydrogen (secondary N) is 1. The van der Waals surface area contributed by atoms with Crippen molar-refractivity contribution in [3.63, 3.8) is 0 Å². The number of amides is 1. The maximum Gasteiger partial charge on any atom is 0.252 e. The summed E-state index contributed by atoms with van der Waals surface area (Å²) in [6.45, 7) is 1.98. The van der Waals surface area contributed by atoms with Crippen molar-refractivity contribution in [1.82, 2.24) is 10.3 Å². The van der Waals surface area contributed by atoms with Gasteiger partial charge in [0.2, 0.25) is 0 Å². The van der Waals surface area contributed by atoms with Crippen LogP contribution < -0.4 is 5.32 Å². The lowest BCUT2D eigenvalue weighted by Gasteiger charge is -2.28. The zero-order valence-electron chi connectivity index (χ0n) is 13.3. The van der Waals surface area contributed by atoms with Crippen molar-refractivity contribution in [2.75, 3.05) is 6.26 Å². The van der Waals surface area contributed by atoms with Crippen molar-refractivity contribution in [1.29, 1.82) is 0 Å². The summed E-state index contributed by atoms with van der Waals surface area (Å²) < 4.78 is 11.4. The normalized spacial score (nSPS) is 17.8. The molecule has 1 aromatic carbocycles. The number of rotatable bonds is 4. The summed E-state index contributed by atoms with van der Waals surface area (Å²) in [6, 6.07) is 6.98. The third kappa shape index (κ3) is 3.38. The van der Waals surface area contributed by atoms with Gasteiger partial charge in [-0.2, -0.15) is 0 Å². The van der Waals surface area contributed by atoms with E-state index in [1.54, 1.807) is 41.9 Å². The highest BCUT2D eigenvalue weighted by atomic mass is 32.2. The van der Waals surface area contributed by atoms with E-state index in [4.69, 9.17) is 0 Å². The van der Waals surface area contributed by atoms with Gasteiger partial charge in [-0.15, -0.1) is 11.3 Å². The molecule has 0 aliphatic heterocycles. The lowest BCUT2D eigenvalue weighted by molar-refractivity contribution is 0.0898. The molecule has 122 valence electrons. The molecular weight excluding hydrogens is 328 g/mol. The zero-order valence-corrected chi connectivity index (χ0v) is 14.9. The Bertz CT molecular complexity index is 731. The molecule has 23 heavy (non-hydrogen) atoms. The first-order chi connectivity index (χ1) is 11.0. The lowest BCUT2D eigenvalue weighted by Crippen LogP contribution is -2.43. The number of carbonyl (C=O) groups is 1. The molecule has 1 atom stereocenters. The van der Waals surface area contributed by atoms with E-state index >= 15 is 0 Å². The van der Waals surface area contributed by atoms with Crippen LogP contribution in [0.15, 0.2) is 34.5 Å². The minimum absolute atomic E-state index is 0.0896. The molecule has 1 aliphatic rings. The van der Waals surface area contributed by atoms with Gasteiger partial charge in [0, 0.05) is 38.6 Å². The number of aromatic nitrogens is 1. The van der Waals surface area contributed by atoms with Crippen LogP contribution in [0.2, 0.25) is 0 Å². The largest absolute Gasteiger partial charge is 0.340 e. The van der Waals surface area contributed by atoms with Crippen molar-refractivity contribution >= 4 is 28.0 Å². The molecule has 1 aliphatic carbocycles. The second-order valence-electron chi connectivity index (χ2n) is 6.02. The number of nitrogens with zero attached hydrogens (tertiary/aromatic N) is 1. The fourth-order valence-corrected chi connectivity index (χ4v) is 4.56. The number of carbonyl (C=O) groups excluding carboxylic acids is 1. The van der Waals surface area contributed by atoms with Gasteiger partial charge in [-0.25, -0.2) is 4.98 Å². The smallest absolute Gasteiger partial charge is 0.252 e. The highest BCUT2D eigenvalue weighted by molar-refractivity contribution is 7.84. The Kier molecular flexibility index (Phi) is 4.64. The second-order valence-corrected chi connectivity index (χ2v) is 8.25. The molecule has 1 N–H and O–H groups in total. The SMILES string of the molecule is Cc1csc(C2(NC(=O)c3ccc([S@](C)=O)cc3)CCCC2)n1. The standard InChI is InChI=1S/C17H20N2O2S2/c1-12-11-22-16(18-12)17(9-3-4-10-17)19-15(20)13-5-7-14(8-6-13)23(2)21/h5-8,11H,3-4,9-10H2,1-2H3,(H,19,20)/t23-/m0/s1. The van der Waals surface area contributed by atoms with Gasteiger partial charge in [0.1, 0.15) is 5.01 Å². The molecule has 0 spiro atoms. The number of hydrogen-bond donors (Lipinski definition) is 1. The second kappa shape index (κ2) is 6.53. The Hall–Kier alpha value is -1.53. The first-order valence-electron chi connectivity index (χ1n) is 7.69. The summed E-state index contributed by atoms with van der Waals surface area (Å²) in [6.07, 6.45) is 5.71. The highest BCUT2D eigenvalue weighted by Gasteiger charge is 2.39. The van der Waals surface area contributed by atoms with Gasteiger partial charge in [0.15, 0.2) is 0 Å². The molecule has 1 fully saturated rings. The Balaban J connectivity index is 1.83. The van der Waals surface area contributed by atoms with Gasteiger partial charge in [0.05, 0.1) is 5.54 Å². The van der Waals surface area contributed by atoms with Crippen LogP contribution >= 0.6 is 11.3 Å². The van der Waals surface area contributed by atoms with E-state index in [1.165, 1.54) is 0 Å². The Morgan fingerprint density at radius 1 is 1.26 bits per heavy atom. The van der Waals surface area contributed by atoms with E-state index in [0.717, 1.165) is 41.3 Å². The molecule has 2 aromatic rings. The molecule has 1 amide bonds. The van der Waals surface area contributed by atoms with Crippen molar-refractivity contribution in [3.05, 3.63) is 45.9 Å². The molecule has 0 unspecified atom stereocenters. The Morgan fingerprint density at radius 2 is 1.91 bits per heavy atom. The molecule has 1 saturated carbocycles. The van der Waals surface area contributed by atoms with Gasteiger partial charge in [0.25, 0.3) is 5.91 Å². The maximum atomic E-state index is 12.7. The zero-order chi connectivity index (χ0) is 16.4. The molecule has 4 nitrogen and oxygen atoms in total. The summed E-state index contributed by atoms with van der Waals surface area (Å²) in [7, 11) is -1.03. The minimum Gasteiger partial charge on any atom is -0.340 e. The number of aryl methyl sites for hydroxylation is 1. The van der Waals surface area contributed by atoms with Crippen molar-refractivity contribution in [2.45, 2.75) is 43.0 Å². The van der Waals surface area contributed by atoms with E-state index in [9.17, 15) is 9.00 Å². The van der Waals surface area contributed by atoms with Gasteiger partial charge >= 0.3 is 0 Å². The van der Waals surface area contributed by atoms with E-state index < -0.39 is 10.8 Å². The van der Waals surface area contributed by atoms with Gasteiger partial charge in [-0.1, -0.05) is 12.8 Å². The van der Waals surface area contributed by atoms with Crippen LogP contribution in [0.5, 0.6) is 0 Å². The molecule has 0 radical (unpaired) electrons. The average Bonchev–Trinajstić information content (AvgIpc) is 3.17. The minimum atomic E-state index is -1.03. The first-order valence-corrected chi connectivity index (χ1v) is 10.1. The molecule has 1 heterocycles. The van der Waals surface area contributed by atoms with Crippen LogP contribution in [0.3, 0.4) is 0 Å². The number of benzene rings is 1. The molecule has 1 aromatic heterocycles. The third-order valence-corrected chi connectivity index (χ3v) is 6.39. The van der Waals surface area contributed by atoms with Gasteiger partial charge in [-0.05, 0) is 44.0 Å². The molecule has 6 heteroatoms. The van der Waals surface area contributed by atoms with E-state index in [1.807, 2.05) is 12.3 Å².